The average Bonchev–Trinajstić information content (AvgIpc) is 2.82. The third-order valence-corrected chi connectivity index (χ3v) is 3.86. The molecule has 0 radical (unpaired) electrons. The fourth-order valence-corrected chi connectivity index (χ4v) is 2.74. The number of nitrogens with two attached hydrogens (primary N) is 1. The Morgan fingerprint density at radius 1 is 1.32 bits per heavy atom. The Morgan fingerprint density at radius 2 is 2.11 bits per heavy atom. The second-order valence-electron chi connectivity index (χ2n) is 5.52. The van der Waals surface area contributed by atoms with Crippen LogP contribution in [0, 0.1) is 5.92 Å². The lowest BCUT2D eigenvalue weighted by Crippen LogP contribution is -2.24. The van der Waals surface area contributed by atoms with E-state index in [2.05, 4.69) is 33.8 Å². The molecule has 100 valence electrons. The molecule has 0 saturated carbocycles. The van der Waals surface area contributed by atoms with Crippen molar-refractivity contribution in [2.75, 3.05) is 0 Å². The topological polar surface area (TPSA) is 56.7 Å². The zero-order valence-corrected chi connectivity index (χ0v) is 11.3. The summed E-state index contributed by atoms with van der Waals surface area (Å²) >= 11 is 0. The van der Waals surface area contributed by atoms with E-state index >= 15 is 0 Å². The smallest absolute Gasteiger partial charge is 0.150 e. The van der Waals surface area contributed by atoms with Crippen LogP contribution in [0.15, 0.2) is 30.3 Å². The minimum absolute atomic E-state index is 0.0722. The SMILES string of the molecule is CC1CCn2c(nnc2C(N)Cc2ccccc2)C1. The van der Waals surface area contributed by atoms with E-state index in [1.807, 2.05) is 18.2 Å². The van der Waals surface area contributed by atoms with Crippen molar-refractivity contribution in [3.8, 4) is 0 Å². The number of hydrogen-bond donors (Lipinski definition) is 1. The largest absolute Gasteiger partial charge is 0.321 e. The van der Waals surface area contributed by atoms with Crippen molar-refractivity contribution in [3.05, 3.63) is 47.5 Å². The van der Waals surface area contributed by atoms with E-state index in [1.165, 1.54) is 12.0 Å². The highest BCUT2D eigenvalue weighted by atomic mass is 15.3. The van der Waals surface area contributed by atoms with Crippen molar-refractivity contribution in [1.82, 2.24) is 14.8 Å². The Balaban J connectivity index is 1.79. The van der Waals surface area contributed by atoms with Crippen LogP contribution in [0.2, 0.25) is 0 Å². The summed E-state index contributed by atoms with van der Waals surface area (Å²) in [5.74, 6) is 2.73. The molecule has 0 spiro atoms. The van der Waals surface area contributed by atoms with Crippen molar-refractivity contribution >= 4 is 0 Å². The van der Waals surface area contributed by atoms with E-state index in [4.69, 9.17) is 5.73 Å². The Bertz CT molecular complexity index is 547. The van der Waals surface area contributed by atoms with Crippen LogP contribution < -0.4 is 5.73 Å². The Morgan fingerprint density at radius 3 is 2.89 bits per heavy atom. The predicted molar refractivity (Wildman–Crippen MR) is 74.6 cm³/mol. The molecule has 2 heterocycles. The van der Waals surface area contributed by atoms with Gasteiger partial charge in [0.2, 0.25) is 0 Å². The Hall–Kier alpha value is -1.68. The van der Waals surface area contributed by atoms with Gasteiger partial charge in [0.25, 0.3) is 0 Å². The van der Waals surface area contributed by atoms with Crippen molar-refractivity contribution in [2.24, 2.45) is 11.7 Å². The molecule has 0 aliphatic carbocycles. The summed E-state index contributed by atoms with van der Waals surface area (Å²) in [6, 6.07) is 10.3. The van der Waals surface area contributed by atoms with Crippen molar-refractivity contribution in [1.29, 1.82) is 0 Å². The minimum Gasteiger partial charge on any atom is -0.321 e. The summed E-state index contributed by atoms with van der Waals surface area (Å²) in [6.45, 7) is 3.27. The summed E-state index contributed by atoms with van der Waals surface area (Å²) in [5, 5.41) is 8.62. The molecule has 0 fully saturated rings. The number of aromatic nitrogens is 3. The number of benzene rings is 1. The van der Waals surface area contributed by atoms with E-state index in [-0.39, 0.29) is 6.04 Å². The quantitative estimate of drug-likeness (QED) is 0.915. The minimum atomic E-state index is -0.0722. The van der Waals surface area contributed by atoms with Gasteiger partial charge in [0.05, 0.1) is 6.04 Å². The van der Waals surface area contributed by atoms with Crippen LogP contribution in [0.1, 0.15) is 36.6 Å². The van der Waals surface area contributed by atoms with E-state index in [0.717, 1.165) is 31.0 Å². The first-order chi connectivity index (χ1) is 9.24. The van der Waals surface area contributed by atoms with E-state index in [1.54, 1.807) is 0 Å². The molecule has 1 aliphatic heterocycles. The van der Waals surface area contributed by atoms with Gasteiger partial charge < -0.3 is 10.3 Å². The summed E-state index contributed by atoms with van der Waals surface area (Å²) in [6.07, 6.45) is 3.02. The second kappa shape index (κ2) is 5.13. The number of nitrogens with zero attached hydrogens (tertiary/aromatic N) is 3. The molecule has 2 N–H and O–H groups in total. The standard InChI is InChI=1S/C15H20N4/c1-11-7-8-19-14(9-11)17-18-15(19)13(16)10-12-5-3-2-4-6-12/h2-6,11,13H,7-10,16H2,1H3. The number of fused-ring (bicyclic) bond motifs is 1. The lowest BCUT2D eigenvalue weighted by molar-refractivity contribution is 0.396. The van der Waals surface area contributed by atoms with Crippen molar-refractivity contribution < 1.29 is 0 Å². The summed E-state index contributed by atoms with van der Waals surface area (Å²) < 4.78 is 2.22. The summed E-state index contributed by atoms with van der Waals surface area (Å²) in [7, 11) is 0. The molecular formula is C15H20N4. The van der Waals surface area contributed by atoms with Gasteiger partial charge in [-0.25, -0.2) is 0 Å². The first kappa shape index (κ1) is 12.4. The molecule has 1 aromatic heterocycles. The summed E-state index contributed by atoms with van der Waals surface area (Å²) in [5.41, 5.74) is 7.55. The Kier molecular flexibility index (Phi) is 3.34. The fraction of sp³-hybridized carbons (Fsp3) is 0.467. The van der Waals surface area contributed by atoms with Gasteiger partial charge in [-0.15, -0.1) is 10.2 Å². The zero-order valence-electron chi connectivity index (χ0n) is 11.3. The molecule has 3 rings (SSSR count). The molecule has 0 amide bonds. The van der Waals surface area contributed by atoms with E-state index in [0.29, 0.717) is 5.92 Å². The van der Waals surface area contributed by atoms with Crippen molar-refractivity contribution in [3.63, 3.8) is 0 Å². The van der Waals surface area contributed by atoms with Gasteiger partial charge in [-0.3, -0.25) is 0 Å². The van der Waals surface area contributed by atoms with Crippen LogP contribution in [-0.2, 0) is 19.4 Å². The third kappa shape index (κ3) is 2.54. The molecule has 4 heteroatoms. The van der Waals surface area contributed by atoms with Crippen LogP contribution in [0.25, 0.3) is 0 Å². The highest BCUT2D eigenvalue weighted by molar-refractivity contribution is 5.17. The highest BCUT2D eigenvalue weighted by Crippen LogP contribution is 2.23. The normalized spacial score (nSPS) is 20.0. The zero-order chi connectivity index (χ0) is 13.2. The predicted octanol–water partition coefficient (Wildman–Crippen LogP) is 2.10. The molecule has 2 atom stereocenters. The van der Waals surface area contributed by atoms with Crippen LogP contribution in [0.3, 0.4) is 0 Å². The van der Waals surface area contributed by atoms with Gasteiger partial charge in [0.1, 0.15) is 11.6 Å². The second-order valence-corrected chi connectivity index (χ2v) is 5.52. The fourth-order valence-electron chi connectivity index (χ4n) is 2.74. The molecule has 0 saturated heterocycles. The molecular weight excluding hydrogens is 236 g/mol. The molecule has 2 aromatic rings. The molecule has 4 nitrogen and oxygen atoms in total. The van der Waals surface area contributed by atoms with Gasteiger partial charge >= 0.3 is 0 Å². The van der Waals surface area contributed by atoms with Crippen LogP contribution in [-0.4, -0.2) is 14.8 Å². The molecule has 19 heavy (non-hydrogen) atoms. The first-order valence-electron chi connectivity index (χ1n) is 6.95. The van der Waals surface area contributed by atoms with E-state index in [9.17, 15) is 0 Å². The Labute approximate surface area is 113 Å². The van der Waals surface area contributed by atoms with E-state index < -0.39 is 0 Å². The van der Waals surface area contributed by atoms with Gasteiger partial charge in [-0.1, -0.05) is 37.3 Å². The maximum absolute atomic E-state index is 6.31. The summed E-state index contributed by atoms with van der Waals surface area (Å²) in [4.78, 5) is 0. The highest BCUT2D eigenvalue weighted by Gasteiger charge is 2.23. The average molecular weight is 256 g/mol. The molecule has 2 unspecified atom stereocenters. The number of hydrogen-bond acceptors (Lipinski definition) is 3. The maximum atomic E-state index is 6.31. The molecule has 1 aromatic carbocycles. The van der Waals surface area contributed by atoms with Gasteiger partial charge in [0, 0.05) is 13.0 Å². The first-order valence-corrected chi connectivity index (χ1v) is 6.95. The number of rotatable bonds is 3. The van der Waals surface area contributed by atoms with Gasteiger partial charge in [-0.05, 0) is 24.3 Å². The van der Waals surface area contributed by atoms with Crippen LogP contribution in [0.5, 0.6) is 0 Å². The van der Waals surface area contributed by atoms with Gasteiger partial charge in [-0.2, -0.15) is 0 Å². The van der Waals surface area contributed by atoms with Crippen LogP contribution in [0.4, 0.5) is 0 Å². The lowest BCUT2D eigenvalue weighted by atomic mass is 9.99. The monoisotopic (exact) mass is 256 g/mol. The molecule has 0 bridgehead atoms. The third-order valence-electron chi connectivity index (χ3n) is 3.86. The van der Waals surface area contributed by atoms with Crippen molar-refractivity contribution in [2.45, 2.75) is 38.8 Å². The maximum Gasteiger partial charge on any atom is 0.150 e. The van der Waals surface area contributed by atoms with Gasteiger partial charge in [0.15, 0.2) is 0 Å². The molecule has 1 aliphatic rings. The lowest BCUT2D eigenvalue weighted by Gasteiger charge is -2.22. The van der Waals surface area contributed by atoms with Crippen LogP contribution >= 0.6 is 0 Å².